The number of hydrogen-bond acceptors (Lipinski definition) is 3. The number of aryl methyl sites for hydroxylation is 3. The van der Waals surface area contributed by atoms with E-state index >= 15 is 0 Å². The van der Waals surface area contributed by atoms with Crippen LogP contribution >= 0.6 is 0 Å². The summed E-state index contributed by atoms with van der Waals surface area (Å²) in [6, 6.07) is 24.4. The smallest absolute Gasteiger partial charge is 0.147 e. The first-order chi connectivity index (χ1) is 14.7. The lowest BCUT2D eigenvalue weighted by molar-refractivity contribution is 0.285. The zero-order valence-corrected chi connectivity index (χ0v) is 17.7. The largest absolute Gasteiger partial charge is 0.494 e. The van der Waals surface area contributed by atoms with Crippen LogP contribution in [-0.2, 0) is 13.2 Å². The number of nitrogens with zero attached hydrogens (tertiary/aromatic N) is 2. The van der Waals surface area contributed by atoms with Crippen LogP contribution in [0.4, 0.5) is 0 Å². The lowest BCUT2D eigenvalue weighted by Crippen LogP contribution is -2.09. The van der Waals surface area contributed by atoms with Gasteiger partial charge in [0, 0.05) is 6.54 Å². The fourth-order valence-corrected chi connectivity index (χ4v) is 3.52. The van der Waals surface area contributed by atoms with Crippen molar-refractivity contribution in [3.8, 4) is 11.5 Å². The van der Waals surface area contributed by atoms with E-state index in [1.54, 1.807) is 0 Å². The van der Waals surface area contributed by atoms with Gasteiger partial charge in [-0.05, 0) is 74.2 Å². The van der Waals surface area contributed by atoms with Gasteiger partial charge in [0.15, 0.2) is 0 Å². The fourth-order valence-electron chi connectivity index (χ4n) is 3.52. The SMILES string of the molecule is Cc1ccc(OCCCCn2c(COc3ccccc3)nc3ccccc32)cc1C. The molecule has 0 amide bonds. The Balaban J connectivity index is 1.37. The summed E-state index contributed by atoms with van der Waals surface area (Å²) in [5.41, 5.74) is 4.72. The predicted molar refractivity (Wildman–Crippen MR) is 121 cm³/mol. The molecule has 0 bridgehead atoms. The molecule has 0 aliphatic rings. The zero-order valence-electron chi connectivity index (χ0n) is 17.7. The average Bonchev–Trinajstić information content (AvgIpc) is 3.13. The minimum Gasteiger partial charge on any atom is -0.494 e. The van der Waals surface area contributed by atoms with Crippen molar-refractivity contribution in [3.63, 3.8) is 0 Å². The predicted octanol–water partition coefficient (Wildman–Crippen LogP) is 6.09. The van der Waals surface area contributed by atoms with Crippen LogP contribution in [0, 0.1) is 13.8 Å². The van der Waals surface area contributed by atoms with E-state index in [1.807, 2.05) is 42.5 Å². The van der Waals surface area contributed by atoms with Gasteiger partial charge in [0.1, 0.15) is 23.9 Å². The molecule has 0 N–H and O–H groups in total. The zero-order chi connectivity index (χ0) is 20.8. The van der Waals surface area contributed by atoms with Crippen molar-refractivity contribution in [2.75, 3.05) is 6.61 Å². The molecule has 0 atom stereocenters. The lowest BCUT2D eigenvalue weighted by atomic mass is 10.1. The highest BCUT2D eigenvalue weighted by Crippen LogP contribution is 2.20. The van der Waals surface area contributed by atoms with Gasteiger partial charge in [-0.3, -0.25) is 0 Å². The first kappa shape index (κ1) is 20.0. The van der Waals surface area contributed by atoms with Crippen molar-refractivity contribution in [3.05, 3.63) is 89.7 Å². The summed E-state index contributed by atoms with van der Waals surface area (Å²) < 4.78 is 14.2. The second-order valence-electron chi connectivity index (χ2n) is 7.57. The van der Waals surface area contributed by atoms with Gasteiger partial charge in [-0.25, -0.2) is 4.98 Å². The van der Waals surface area contributed by atoms with Crippen molar-refractivity contribution in [1.29, 1.82) is 0 Å². The van der Waals surface area contributed by atoms with Crippen molar-refractivity contribution in [2.45, 2.75) is 39.8 Å². The van der Waals surface area contributed by atoms with E-state index in [0.717, 1.165) is 47.7 Å². The Morgan fingerprint density at radius 2 is 1.57 bits per heavy atom. The maximum absolute atomic E-state index is 5.96. The molecule has 4 rings (SSSR count). The van der Waals surface area contributed by atoms with Gasteiger partial charge in [0.25, 0.3) is 0 Å². The summed E-state index contributed by atoms with van der Waals surface area (Å²) in [4.78, 5) is 4.80. The first-order valence-corrected chi connectivity index (χ1v) is 10.5. The van der Waals surface area contributed by atoms with Crippen LogP contribution in [0.3, 0.4) is 0 Å². The molecule has 30 heavy (non-hydrogen) atoms. The summed E-state index contributed by atoms with van der Waals surface area (Å²) in [6.45, 7) is 6.30. The van der Waals surface area contributed by atoms with Gasteiger partial charge in [-0.15, -0.1) is 0 Å². The van der Waals surface area contributed by atoms with Crippen LogP contribution in [0.25, 0.3) is 11.0 Å². The summed E-state index contributed by atoms with van der Waals surface area (Å²) in [5.74, 6) is 2.76. The molecule has 4 aromatic rings. The third-order valence-electron chi connectivity index (χ3n) is 5.37. The first-order valence-electron chi connectivity index (χ1n) is 10.5. The van der Waals surface area contributed by atoms with E-state index in [9.17, 15) is 0 Å². The molecule has 0 saturated heterocycles. The lowest BCUT2D eigenvalue weighted by Gasteiger charge is -2.11. The number of imidazole rings is 1. The second kappa shape index (κ2) is 9.49. The molecule has 0 saturated carbocycles. The topological polar surface area (TPSA) is 36.3 Å². The van der Waals surface area contributed by atoms with Crippen LogP contribution in [0.1, 0.15) is 29.8 Å². The highest BCUT2D eigenvalue weighted by molar-refractivity contribution is 5.75. The van der Waals surface area contributed by atoms with Gasteiger partial charge < -0.3 is 14.0 Å². The van der Waals surface area contributed by atoms with E-state index in [2.05, 4.69) is 48.7 Å². The Kier molecular flexibility index (Phi) is 6.33. The van der Waals surface area contributed by atoms with Crippen molar-refractivity contribution >= 4 is 11.0 Å². The normalized spacial score (nSPS) is 11.0. The number of ether oxygens (including phenoxy) is 2. The molecule has 4 nitrogen and oxygen atoms in total. The van der Waals surface area contributed by atoms with Gasteiger partial charge >= 0.3 is 0 Å². The summed E-state index contributed by atoms with van der Waals surface area (Å²) in [6.07, 6.45) is 2.00. The molecule has 0 radical (unpaired) electrons. The highest BCUT2D eigenvalue weighted by atomic mass is 16.5. The van der Waals surface area contributed by atoms with Gasteiger partial charge in [0.05, 0.1) is 17.6 Å². The van der Waals surface area contributed by atoms with Crippen molar-refractivity contribution in [2.24, 2.45) is 0 Å². The maximum atomic E-state index is 5.96. The fraction of sp³-hybridized carbons (Fsp3) is 0.269. The molecule has 1 aromatic heterocycles. The Morgan fingerprint density at radius 3 is 2.40 bits per heavy atom. The van der Waals surface area contributed by atoms with E-state index in [1.165, 1.54) is 11.1 Å². The quantitative estimate of drug-likeness (QED) is 0.319. The Hall–Kier alpha value is -3.27. The maximum Gasteiger partial charge on any atom is 0.147 e. The third-order valence-corrected chi connectivity index (χ3v) is 5.37. The number of fused-ring (bicyclic) bond motifs is 1. The Bertz CT molecular complexity index is 1100. The van der Waals surface area contributed by atoms with Crippen LogP contribution in [0.5, 0.6) is 11.5 Å². The standard InChI is InChI=1S/C26H28N2O2/c1-20-14-15-23(18-21(20)2)29-17-9-8-16-28-25-13-7-6-12-24(25)27-26(28)19-30-22-10-4-3-5-11-22/h3-7,10-15,18H,8-9,16-17,19H2,1-2H3. The molecule has 3 aromatic carbocycles. The number of para-hydroxylation sites is 3. The van der Waals surface area contributed by atoms with Gasteiger partial charge in [-0.2, -0.15) is 0 Å². The molecule has 154 valence electrons. The van der Waals surface area contributed by atoms with E-state index in [-0.39, 0.29) is 0 Å². The minimum atomic E-state index is 0.456. The van der Waals surface area contributed by atoms with Gasteiger partial charge in [-0.1, -0.05) is 36.4 Å². The molecule has 0 spiro atoms. The third kappa shape index (κ3) is 4.82. The monoisotopic (exact) mass is 400 g/mol. The van der Waals surface area contributed by atoms with Crippen LogP contribution in [0.15, 0.2) is 72.8 Å². The molecule has 4 heteroatoms. The number of unbranched alkanes of at least 4 members (excludes halogenated alkanes) is 1. The number of benzene rings is 3. The number of aromatic nitrogens is 2. The van der Waals surface area contributed by atoms with E-state index in [4.69, 9.17) is 14.5 Å². The summed E-state index contributed by atoms with van der Waals surface area (Å²) in [7, 11) is 0. The summed E-state index contributed by atoms with van der Waals surface area (Å²) >= 11 is 0. The number of hydrogen-bond donors (Lipinski definition) is 0. The van der Waals surface area contributed by atoms with Crippen LogP contribution in [0.2, 0.25) is 0 Å². The highest BCUT2D eigenvalue weighted by Gasteiger charge is 2.11. The average molecular weight is 401 g/mol. The molecule has 0 unspecified atom stereocenters. The van der Waals surface area contributed by atoms with Crippen LogP contribution in [-0.4, -0.2) is 16.2 Å². The van der Waals surface area contributed by atoms with E-state index < -0.39 is 0 Å². The Labute approximate surface area is 178 Å². The molecule has 0 aliphatic carbocycles. The molecule has 0 aliphatic heterocycles. The molecule has 1 heterocycles. The van der Waals surface area contributed by atoms with Gasteiger partial charge in [0.2, 0.25) is 0 Å². The second-order valence-corrected chi connectivity index (χ2v) is 7.57. The van der Waals surface area contributed by atoms with E-state index in [0.29, 0.717) is 13.2 Å². The van der Waals surface area contributed by atoms with Crippen molar-refractivity contribution in [1.82, 2.24) is 9.55 Å². The Morgan fingerprint density at radius 1 is 0.767 bits per heavy atom. The molecule has 0 fully saturated rings. The number of rotatable bonds is 9. The van der Waals surface area contributed by atoms with Crippen LogP contribution < -0.4 is 9.47 Å². The minimum absolute atomic E-state index is 0.456. The summed E-state index contributed by atoms with van der Waals surface area (Å²) in [5, 5.41) is 0. The molecular weight excluding hydrogens is 372 g/mol. The molecular formula is C26H28N2O2. The van der Waals surface area contributed by atoms with Crippen molar-refractivity contribution < 1.29 is 9.47 Å².